The van der Waals surface area contributed by atoms with E-state index in [1.54, 1.807) is 6.21 Å². The molecule has 2 unspecified atom stereocenters. The lowest BCUT2D eigenvalue weighted by atomic mass is 9.62. The highest BCUT2D eigenvalue weighted by Crippen LogP contribution is 2.50. The minimum Gasteiger partial charge on any atom is -0.623 e. The fourth-order valence-electron chi connectivity index (χ4n) is 3.95. The lowest BCUT2D eigenvalue weighted by Gasteiger charge is -2.46. The summed E-state index contributed by atoms with van der Waals surface area (Å²) in [6, 6.07) is 10.7. The lowest BCUT2D eigenvalue weighted by Crippen LogP contribution is -2.54. The zero-order valence-electron chi connectivity index (χ0n) is 11.7. The van der Waals surface area contributed by atoms with Crippen molar-refractivity contribution in [1.82, 2.24) is 5.32 Å². The predicted molar refractivity (Wildman–Crippen MR) is 77.2 cm³/mol. The van der Waals surface area contributed by atoms with Crippen molar-refractivity contribution in [1.29, 1.82) is 0 Å². The second kappa shape index (κ2) is 4.34. The maximum atomic E-state index is 12.1. The first kappa shape index (κ1) is 12.7. The zero-order valence-corrected chi connectivity index (χ0v) is 11.7. The first-order chi connectivity index (χ1) is 9.04. The predicted octanol–water partition coefficient (Wildman–Crippen LogP) is 2.86. The largest absolute Gasteiger partial charge is 0.623 e. The molecule has 3 heteroatoms. The monoisotopic (exact) mass is 258 g/mol. The van der Waals surface area contributed by atoms with Gasteiger partial charge < -0.3 is 5.21 Å². The summed E-state index contributed by atoms with van der Waals surface area (Å²) >= 11 is 0. The van der Waals surface area contributed by atoms with Crippen molar-refractivity contribution in [3.05, 3.63) is 41.1 Å². The molecule has 2 atom stereocenters. The molecule has 1 saturated carbocycles. The molecule has 3 rings (SSSR count). The number of rotatable bonds is 1. The summed E-state index contributed by atoms with van der Waals surface area (Å²) < 4.78 is 1.16. The average Bonchev–Trinajstić information content (AvgIpc) is 2.70. The van der Waals surface area contributed by atoms with Crippen molar-refractivity contribution in [2.45, 2.75) is 44.7 Å². The molecule has 0 bridgehead atoms. The Morgan fingerprint density at radius 3 is 2.58 bits per heavy atom. The van der Waals surface area contributed by atoms with Crippen LogP contribution in [0.25, 0.3) is 0 Å². The van der Waals surface area contributed by atoms with Crippen molar-refractivity contribution in [2.75, 3.05) is 6.54 Å². The van der Waals surface area contributed by atoms with Crippen molar-refractivity contribution >= 4 is 6.21 Å². The SMILES string of the molecule is CC1(C)CC2(CCC1c1ccccc1)NCC=[N+]2[O-]. The summed E-state index contributed by atoms with van der Waals surface area (Å²) in [6.45, 7) is 5.29. The number of benzene rings is 1. The van der Waals surface area contributed by atoms with Crippen LogP contribution in [-0.2, 0) is 0 Å². The molecule has 1 aromatic rings. The molecular weight excluding hydrogens is 236 g/mol. The Morgan fingerprint density at radius 2 is 2.00 bits per heavy atom. The highest BCUT2D eigenvalue weighted by Gasteiger charge is 2.52. The maximum absolute atomic E-state index is 12.1. The van der Waals surface area contributed by atoms with E-state index in [2.05, 4.69) is 49.5 Å². The van der Waals surface area contributed by atoms with Crippen molar-refractivity contribution < 1.29 is 4.74 Å². The maximum Gasteiger partial charge on any atom is 0.227 e. The van der Waals surface area contributed by atoms with Gasteiger partial charge in [0.15, 0.2) is 6.21 Å². The summed E-state index contributed by atoms with van der Waals surface area (Å²) in [5, 5.41) is 15.5. The summed E-state index contributed by atoms with van der Waals surface area (Å²) in [7, 11) is 0. The third-order valence-electron chi connectivity index (χ3n) is 4.85. The molecule has 0 amide bonds. The van der Waals surface area contributed by atoms with E-state index in [0.29, 0.717) is 12.5 Å². The second-order valence-electron chi connectivity index (χ2n) is 6.59. The number of nitrogens with zero attached hydrogens (tertiary/aromatic N) is 1. The van der Waals surface area contributed by atoms with E-state index < -0.39 is 0 Å². The fraction of sp³-hybridized carbons (Fsp3) is 0.562. The molecule has 0 radical (unpaired) electrons. The summed E-state index contributed by atoms with van der Waals surface area (Å²) in [6.07, 6.45) is 4.63. The van der Waals surface area contributed by atoms with E-state index in [9.17, 15) is 5.21 Å². The first-order valence-electron chi connectivity index (χ1n) is 7.13. The molecular formula is C16H22N2O. The molecule has 1 fully saturated rings. The van der Waals surface area contributed by atoms with Crippen LogP contribution >= 0.6 is 0 Å². The third kappa shape index (κ3) is 2.06. The van der Waals surface area contributed by atoms with Crippen LogP contribution in [0.4, 0.5) is 0 Å². The van der Waals surface area contributed by atoms with Gasteiger partial charge in [-0.3, -0.25) is 0 Å². The Hall–Kier alpha value is -1.35. The Labute approximate surface area is 114 Å². The quantitative estimate of drug-likeness (QED) is 0.621. The van der Waals surface area contributed by atoms with Gasteiger partial charge in [-0.25, -0.2) is 5.32 Å². The van der Waals surface area contributed by atoms with E-state index in [-0.39, 0.29) is 11.1 Å². The van der Waals surface area contributed by atoms with Gasteiger partial charge in [0.25, 0.3) is 0 Å². The molecule has 1 aromatic carbocycles. The van der Waals surface area contributed by atoms with Crippen LogP contribution in [0.5, 0.6) is 0 Å². The zero-order chi connectivity index (χ0) is 13.5. The van der Waals surface area contributed by atoms with E-state index in [0.717, 1.165) is 24.0 Å². The Kier molecular flexibility index (Phi) is 2.90. The number of hydroxylamine groups is 1. The van der Waals surface area contributed by atoms with E-state index in [4.69, 9.17) is 0 Å². The molecule has 19 heavy (non-hydrogen) atoms. The smallest absolute Gasteiger partial charge is 0.227 e. The van der Waals surface area contributed by atoms with Gasteiger partial charge in [0.1, 0.15) is 0 Å². The molecule has 0 aromatic heterocycles. The molecule has 1 heterocycles. The van der Waals surface area contributed by atoms with Crippen molar-refractivity contribution in [3.63, 3.8) is 0 Å². The van der Waals surface area contributed by atoms with Crippen LogP contribution in [-0.4, -0.2) is 23.2 Å². The Morgan fingerprint density at radius 1 is 1.26 bits per heavy atom. The van der Waals surface area contributed by atoms with E-state index in [1.165, 1.54) is 5.56 Å². The standard InChI is InChI=1S/C16H22N2O/c1-15(2)12-16(17-10-11-18(16)19)9-8-14(15)13-6-4-3-5-7-13/h3-7,11,14,17H,8-10,12H2,1-2H3. The van der Waals surface area contributed by atoms with Crippen LogP contribution in [0.15, 0.2) is 30.3 Å². The molecule has 2 aliphatic rings. The minimum atomic E-state index is -0.352. The van der Waals surface area contributed by atoms with Gasteiger partial charge in [0.2, 0.25) is 5.66 Å². The molecule has 3 nitrogen and oxygen atoms in total. The Balaban J connectivity index is 1.87. The van der Waals surface area contributed by atoms with Crippen LogP contribution in [0.1, 0.15) is 44.6 Å². The van der Waals surface area contributed by atoms with Crippen LogP contribution in [0.2, 0.25) is 0 Å². The second-order valence-corrected chi connectivity index (χ2v) is 6.59. The van der Waals surface area contributed by atoms with Crippen molar-refractivity contribution in [2.24, 2.45) is 5.41 Å². The van der Waals surface area contributed by atoms with Gasteiger partial charge in [0, 0.05) is 12.8 Å². The van der Waals surface area contributed by atoms with Gasteiger partial charge >= 0.3 is 0 Å². The number of hydrogen-bond acceptors (Lipinski definition) is 2. The topological polar surface area (TPSA) is 38.1 Å². The average molecular weight is 258 g/mol. The van der Waals surface area contributed by atoms with Crippen molar-refractivity contribution in [3.8, 4) is 0 Å². The number of nitrogens with one attached hydrogen (secondary N) is 1. The van der Waals surface area contributed by atoms with Gasteiger partial charge in [0.05, 0.1) is 6.54 Å². The van der Waals surface area contributed by atoms with E-state index >= 15 is 0 Å². The molecule has 1 spiro atoms. The van der Waals surface area contributed by atoms with Gasteiger partial charge in [-0.2, -0.15) is 4.74 Å². The highest BCUT2D eigenvalue weighted by atomic mass is 16.5. The van der Waals surface area contributed by atoms with E-state index in [1.807, 2.05) is 0 Å². The van der Waals surface area contributed by atoms with Crippen LogP contribution < -0.4 is 5.32 Å². The lowest BCUT2D eigenvalue weighted by molar-refractivity contribution is -0.553. The van der Waals surface area contributed by atoms with Crippen LogP contribution in [0.3, 0.4) is 0 Å². The summed E-state index contributed by atoms with van der Waals surface area (Å²) in [4.78, 5) is 0. The fourth-order valence-corrected chi connectivity index (χ4v) is 3.95. The third-order valence-corrected chi connectivity index (χ3v) is 4.85. The molecule has 102 valence electrons. The van der Waals surface area contributed by atoms with Gasteiger partial charge in [-0.1, -0.05) is 44.2 Å². The van der Waals surface area contributed by atoms with Gasteiger partial charge in [-0.15, -0.1) is 0 Å². The van der Waals surface area contributed by atoms with Gasteiger partial charge in [-0.05, 0) is 23.3 Å². The minimum absolute atomic E-state index is 0.132. The molecule has 0 saturated heterocycles. The molecule has 1 aliphatic heterocycles. The Bertz CT molecular complexity index is 495. The number of hydrogen-bond donors (Lipinski definition) is 1. The first-order valence-corrected chi connectivity index (χ1v) is 7.13. The summed E-state index contributed by atoms with van der Waals surface area (Å²) in [5.41, 5.74) is 1.18. The normalized spacial score (nSPS) is 33.4. The molecule has 1 aliphatic carbocycles. The molecule has 1 N–H and O–H groups in total. The summed E-state index contributed by atoms with van der Waals surface area (Å²) in [5.74, 6) is 0.537. The van der Waals surface area contributed by atoms with Crippen LogP contribution in [0, 0.1) is 10.6 Å². The highest BCUT2D eigenvalue weighted by molar-refractivity contribution is 5.56.